The summed E-state index contributed by atoms with van der Waals surface area (Å²) in [5, 5.41) is 45.3. The molecular weight excluding hydrogens is 845 g/mol. The number of halogens is 11. The molecule has 7 rings (SSSR count). The smallest absolute Gasteiger partial charge is 0.394 e. The van der Waals surface area contributed by atoms with Gasteiger partial charge in [0.15, 0.2) is 29.1 Å². The van der Waals surface area contributed by atoms with Crippen LogP contribution in [0.5, 0.6) is 0 Å². The molecular formula is C34H22Cl4F7N7O4. The second kappa shape index (κ2) is 14.3. The Morgan fingerprint density at radius 1 is 0.821 bits per heavy atom. The van der Waals surface area contributed by atoms with Gasteiger partial charge in [0, 0.05) is 41.1 Å². The van der Waals surface area contributed by atoms with Crippen LogP contribution < -0.4 is 0 Å². The molecule has 0 aliphatic carbocycles. The average Bonchev–Trinajstić information content (AvgIpc) is 3.92. The van der Waals surface area contributed by atoms with Crippen molar-refractivity contribution in [1.82, 2.24) is 34.3 Å². The van der Waals surface area contributed by atoms with Crippen molar-refractivity contribution in [2.75, 3.05) is 6.61 Å². The van der Waals surface area contributed by atoms with Crippen LogP contribution in [-0.4, -0.2) is 68.5 Å². The molecule has 3 aromatic carbocycles. The minimum atomic E-state index is -5.12. The van der Waals surface area contributed by atoms with Crippen molar-refractivity contribution in [2.45, 2.75) is 43.2 Å². The highest BCUT2D eigenvalue weighted by atomic mass is 35.5. The van der Waals surface area contributed by atoms with Crippen LogP contribution in [0.1, 0.15) is 23.6 Å². The Hall–Kier alpha value is -4.27. The first kappa shape index (κ1) is 39.9. The zero-order chi connectivity index (χ0) is 40.6. The molecule has 4 heterocycles. The molecule has 1 aliphatic heterocycles. The van der Waals surface area contributed by atoms with Crippen LogP contribution in [0.2, 0.25) is 20.1 Å². The molecule has 0 spiro atoms. The zero-order valence-corrected chi connectivity index (χ0v) is 30.9. The fourth-order valence-corrected chi connectivity index (χ4v) is 7.08. The number of aliphatic hydroxyl groups excluding tert-OH is 2. The van der Waals surface area contributed by atoms with Gasteiger partial charge in [-0.25, -0.2) is 36.6 Å². The van der Waals surface area contributed by atoms with Crippen molar-refractivity contribution in [3.63, 3.8) is 0 Å². The largest absolute Gasteiger partial charge is 0.418 e. The molecule has 1 unspecified atom stereocenters. The van der Waals surface area contributed by atoms with E-state index in [1.807, 2.05) is 0 Å². The lowest BCUT2D eigenvalue weighted by Gasteiger charge is -2.51. The lowest BCUT2D eigenvalue weighted by atomic mass is 9.86. The number of aryl methyl sites for hydroxylation is 1. The van der Waals surface area contributed by atoms with Crippen molar-refractivity contribution >= 4 is 46.4 Å². The Morgan fingerprint density at radius 3 is 1.91 bits per heavy atom. The summed E-state index contributed by atoms with van der Waals surface area (Å²) in [4.78, 5) is 4.36. The maximum Gasteiger partial charge on any atom is 0.418 e. The minimum absolute atomic E-state index is 0.180. The first-order chi connectivity index (χ1) is 26.3. The highest BCUT2D eigenvalue weighted by Gasteiger charge is 2.66. The van der Waals surface area contributed by atoms with E-state index < -0.39 is 109 Å². The summed E-state index contributed by atoms with van der Waals surface area (Å²) in [6.07, 6.45) is -5.52. The Balaban J connectivity index is 1.57. The van der Waals surface area contributed by atoms with E-state index in [1.54, 1.807) is 0 Å². The van der Waals surface area contributed by atoms with Crippen molar-refractivity contribution in [2.24, 2.45) is 0 Å². The third kappa shape index (κ3) is 6.32. The number of benzene rings is 3. The molecule has 0 radical (unpaired) electrons. The number of rotatable bonds is 7. The van der Waals surface area contributed by atoms with Crippen LogP contribution in [-0.2, 0) is 22.4 Å². The number of alkyl halides is 3. The van der Waals surface area contributed by atoms with Crippen LogP contribution in [0.25, 0.3) is 27.9 Å². The summed E-state index contributed by atoms with van der Waals surface area (Å²) in [6, 6.07) is 5.62. The third-order valence-electron chi connectivity index (χ3n) is 9.12. The maximum atomic E-state index is 15.3. The monoisotopic (exact) mass is 865 g/mol. The van der Waals surface area contributed by atoms with Gasteiger partial charge in [-0.2, -0.15) is 28.5 Å². The minimum Gasteiger partial charge on any atom is -0.394 e. The van der Waals surface area contributed by atoms with Crippen molar-refractivity contribution in [3.05, 3.63) is 122 Å². The van der Waals surface area contributed by atoms with Gasteiger partial charge >= 0.3 is 6.18 Å². The standard InChI is InChI=1S/C34H22Cl4F7N7O4/c1-14-48-31(52(49-14)24-7-23(38)22(37)6-19(24)34(43,44)45)33(51-12-16(10-47-51)18-3-5-21(36)30(42)28(18)40)32(55,8-25(54)26(13-53)56-33)50-11-15(9-46-50)17-2-4-20(35)29(41)27(17)39/h2-7,9-12,25-26,53-55H,8,13H2,1H3/t25-,26-,32-,33?/m0/s1. The van der Waals surface area contributed by atoms with E-state index in [2.05, 4.69) is 20.3 Å². The second-order valence-corrected chi connectivity index (χ2v) is 14.2. The molecule has 294 valence electrons. The van der Waals surface area contributed by atoms with E-state index in [1.165, 1.54) is 6.92 Å². The summed E-state index contributed by atoms with van der Waals surface area (Å²) in [6.45, 7) is 0.292. The molecule has 0 amide bonds. The SMILES string of the molecule is Cc1nc(C2(n3cc(-c4ccc(Cl)c(F)c4F)cn3)O[C@@H](CO)[C@@H](O)C[C@@]2(O)n2cc(-c3ccc(Cl)c(F)c3F)cn2)n(-c2cc(Cl)c(Cl)cc2C(F)(F)F)n1. The molecule has 56 heavy (non-hydrogen) atoms. The molecule has 0 saturated carbocycles. The van der Waals surface area contributed by atoms with E-state index in [0.29, 0.717) is 15.4 Å². The molecule has 6 aromatic rings. The van der Waals surface area contributed by atoms with Gasteiger partial charge in [-0.15, -0.1) is 0 Å². The highest BCUT2D eigenvalue weighted by Crippen LogP contribution is 2.51. The van der Waals surface area contributed by atoms with Gasteiger partial charge in [-0.05, 0) is 43.3 Å². The number of ether oxygens (including phenoxy) is 1. The molecule has 11 nitrogen and oxygen atoms in total. The number of aliphatic hydroxyl groups is 3. The Bertz CT molecular complexity index is 2510. The highest BCUT2D eigenvalue weighted by molar-refractivity contribution is 6.42. The second-order valence-electron chi connectivity index (χ2n) is 12.5. The van der Waals surface area contributed by atoms with Crippen molar-refractivity contribution in [1.29, 1.82) is 0 Å². The maximum absolute atomic E-state index is 15.3. The van der Waals surface area contributed by atoms with Gasteiger partial charge < -0.3 is 20.1 Å². The molecule has 1 aliphatic rings. The fraction of sp³-hybridized carbons (Fsp3) is 0.235. The van der Waals surface area contributed by atoms with Gasteiger partial charge in [-0.1, -0.05) is 46.4 Å². The topological polar surface area (TPSA) is 136 Å². The lowest BCUT2D eigenvalue weighted by molar-refractivity contribution is -0.338. The number of hydrogen-bond acceptors (Lipinski definition) is 8. The molecule has 3 N–H and O–H groups in total. The van der Waals surface area contributed by atoms with Gasteiger partial charge in [0.05, 0.1) is 56.4 Å². The first-order valence-electron chi connectivity index (χ1n) is 15.9. The van der Waals surface area contributed by atoms with E-state index in [0.717, 1.165) is 59.8 Å². The van der Waals surface area contributed by atoms with Crippen molar-refractivity contribution in [3.8, 4) is 27.9 Å². The van der Waals surface area contributed by atoms with Crippen LogP contribution in [0, 0.1) is 30.2 Å². The summed E-state index contributed by atoms with van der Waals surface area (Å²) in [5.74, 6) is -6.63. The molecule has 0 bridgehead atoms. The summed E-state index contributed by atoms with van der Waals surface area (Å²) in [7, 11) is 0. The average molecular weight is 867 g/mol. The van der Waals surface area contributed by atoms with Crippen LogP contribution in [0.4, 0.5) is 30.7 Å². The Kier molecular flexibility index (Phi) is 10.2. The molecule has 3 aromatic heterocycles. The zero-order valence-electron chi connectivity index (χ0n) is 27.9. The molecule has 4 atom stereocenters. The normalized spacial score (nSPS) is 21.6. The number of nitrogens with zero attached hydrogens (tertiary/aromatic N) is 7. The van der Waals surface area contributed by atoms with E-state index >= 15 is 8.78 Å². The predicted molar refractivity (Wildman–Crippen MR) is 186 cm³/mol. The van der Waals surface area contributed by atoms with Gasteiger partial charge in [0.25, 0.3) is 5.72 Å². The van der Waals surface area contributed by atoms with Gasteiger partial charge in [0.2, 0.25) is 5.72 Å². The van der Waals surface area contributed by atoms with E-state index in [9.17, 15) is 37.3 Å². The van der Waals surface area contributed by atoms with Crippen LogP contribution in [0.15, 0.2) is 61.2 Å². The van der Waals surface area contributed by atoms with Gasteiger partial charge in [-0.3, -0.25) is 0 Å². The van der Waals surface area contributed by atoms with Crippen LogP contribution >= 0.6 is 46.4 Å². The Morgan fingerprint density at radius 2 is 1.36 bits per heavy atom. The van der Waals surface area contributed by atoms with Crippen LogP contribution in [0.3, 0.4) is 0 Å². The lowest BCUT2D eigenvalue weighted by Crippen LogP contribution is -2.68. The summed E-state index contributed by atoms with van der Waals surface area (Å²) >= 11 is 23.7. The summed E-state index contributed by atoms with van der Waals surface area (Å²) in [5.41, 5.74) is -9.27. The Labute approximate surface area is 330 Å². The third-order valence-corrected chi connectivity index (χ3v) is 10.4. The number of aromatic nitrogens is 7. The quantitative estimate of drug-likeness (QED) is 0.110. The first-order valence-corrected chi connectivity index (χ1v) is 17.4. The predicted octanol–water partition coefficient (Wildman–Crippen LogP) is 7.68. The van der Waals surface area contributed by atoms with E-state index in [4.69, 9.17) is 51.1 Å². The fourth-order valence-electron chi connectivity index (χ4n) is 6.47. The van der Waals surface area contributed by atoms with E-state index in [-0.39, 0.29) is 22.0 Å². The number of hydrogen-bond donors (Lipinski definition) is 3. The molecule has 1 saturated heterocycles. The summed E-state index contributed by atoms with van der Waals surface area (Å²) < 4.78 is 112. The van der Waals surface area contributed by atoms with Gasteiger partial charge in [0.1, 0.15) is 11.9 Å². The van der Waals surface area contributed by atoms with Crippen molar-refractivity contribution < 1.29 is 50.8 Å². The molecule has 1 fully saturated rings. The molecule has 22 heteroatoms.